The maximum Gasteiger partial charge on any atom is 1.00 e. The normalized spacial score (nSPS) is 27.6. The minimum atomic E-state index is -2.15. The number of benzene rings is 3. The van der Waals surface area contributed by atoms with Gasteiger partial charge in [0, 0.05) is 88.3 Å². The summed E-state index contributed by atoms with van der Waals surface area (Å²) < 4.78 is 9.17. The van der Waals surface area contributed by atoms with Crippen molar-refractivity contribution in [1.29, 1.82) is 0 Å². The number of anilines is 1. The molecule has 13 atom stereocenters. The fourth-order valence-electron chi connectivity index (χ4n) is 12.0. The summed E-state index contributed by atoms with van der Waals surface area (Å²) in [6, 6.07) is 7.46. The number of aliphatic hydroxyl groups excluding tert-OH is 6. The topological polar surface area (TPSA) is 389 Å². The van der Waals surface area contributed by atoms with Gasteiger partial charge in [0.25, 0.3) is 18.2 Å². The van der Waals surface area contributed by atoms with E-state index in [1.165, 1.54) is 57.2 Å². The van der Waals surface area contributed by atoms with Crippen LogP contribution in [0, 0.1) is 12.5 Å². The third-order valence-electron chi connectivity index (χ3n) is 16.8. The predicted octanol–water partition coefficient (Wildman–Crippen LogP) is -5.45. The quantitative estimate of drug-likeness (QED) is 0.0169. The Morgan fingerprint density at radius 2 is 1.41 bits per heavy atom. The number of aliphatic hydroxyl groups is 6. The molecule has 4 heterocycles. The van der Waals surface area contributed by atoms with E-state index in [-0.39, 0.29) is 65.3 Å². The Hall–Kier alpha value is -6.21. The molecule has 8 rings (SSSR count). The first kappa shape index (κ1) is 69.3. The fraction of sp³-hybridized carbons (Fsp3) is 0.552. The molecule has 7 amide bonds. The van der Waals surface area contributed by atoms with Crippen LogP contribution in [0.5, 0.6) is 11.5 Å². The van der Waals surface area contributed by atoms with Crippen LogP contribution in [0.2, 0.25) is 0 Å². The van der Waals surface area contributed by atoms with Crippen LogP contribution in [0.4, 0.5) is 5.69 Å². The molecule has 28 nitrogen and oxygen atoms in total. The molecule has 0 spiro atoms. The molecule has 88 heavy (non-hydrogen) atoms. The second-order valence-corrected chi connectivity index (χ2v) is 23.3. The Labute approximate surface area is 534 Å². The molecule has 1 aliphatic carbocycles. The maximum absolute atomic E-state index is 14.6. The predicted molar refractivity (Wildman–Crippen MR) is 307 cm³/mol. The number of nitrogens with zero attached hydrogens (tertiary/aromatic N) is 5. The Morgan fingerprint density at radius 1 is 0.773 bits per heavy atom. The number of phenols is 1. The zero-order chi connectivity index (χ0) is 62.6. The molecule has 0 radical (unpaired) electrons. The number of β-amino-alcohol motifs (C(OH)–C–C–N with tert-alkyl or cyclic N) is 1. The minimum Gasteiger partial charge on any atom is -0.691 e. The van der Waals surface area contributed by atoms with E-state index >= 15 is 0 Å². The van der Waals surface area contributed by atoms with E-state index in [9.17, 15) is 74.6 Å². The van der Waals surface area contributed by atoms with Gasteiger partial charge in [0.2, 0.25) is 42.0 Å². The Balaban J connectivity index is 0.0000110. The average Bonchev–Trinajstić information content (AvgIpc) is 2.82. The summed E-state index contributed by atoms with van der Waals surface area (Å²) in [7, 11) is 0. The molecule has 12 N–H and O–H groups in total. The third kappa shape index (κ3) is 17.2. The van der Waals surface area contributed by atoms with Gasteiger partial charge < -0.3 is 91.3 Å². The van der Waals surface area contributed by atoms with E-state index in [1.807, 2.05) is 12.1 Å². The fourth-order valence-corrected chi connectivity index (χ4v) is 12.3. The first-order chi connectivity index (χ1) is 41.6. The van der Waals surface area contributed by atoms with Gasteiger partial charge >= 0.3 is 29.6 Å². The summed E-state index contributed by atoms with van der Waals surface area (Å²) in [5, 5.41) is 104. The average molecular weight is 1260 g/mol. The SMILES string of the molecule is [C-]#[N+]C[C@@H](O)[C@@H]1NC(=O)[C@H]([C@H](O)Cc2ccc(O)c(OSOO[O-])c2)NC(=O)[C@@H]2C[C@H](O)CN2C(=O)[C@H]([C@H](C)O)NC(=O)[C@@H](NC(=O)c2ccc(-c3ccc(N4CCN(C5CCCCC5)CC4)cc3)cc2)C[C@H](O)CNC(=O)[C@@H]2[C@@H](O)[C@H](C)CN2C1=O.[Na+]. The van der Waals surface area contributed by atoms with E-state index < -0.39 is 165 Å². The molecular weight excluding hydrogens is 1180 g/mol. The summed E-state index contributed by atoms with van der Waals surface area (Å²) in [5.74, 6) is -9.53. The second-order valence-electron chi connectivity index (χ2n) is 22.9. The van der Waals surface area contributed by atoms with E-state index in [0.717, 1.165) is 71.8 Å². The maximum atomic E-state index is 14.6. The number of amides is 7. The van der Waals surface area contributed by atoms with Gasteiger partial charge in [-0.3, -0.25) is 43.5 Å². The van der Waals surface area contributed by atoms with Crippen LogP contribution in [0.25, 0.3) is 16.0 Å². The number of phenolic OH excluding ortho intramolecular Hbond substituents is 1. The van der Waals surface area contributed by atoms with Crippen LogP contribution in [-0.2, 0) is 44.6 Å². The number of carbonyl (C=O) groups excluding carboxylic acids is 7. The zero-order valence-electron chi connectivity index (χ0n) is 49.0. The summed E-state index contributed by atoms with van der Waals surface area (Å²) in [4.78, 5) is 111. The molecule has 4 saturated heterocycles. The zero-order valence-corrected chi connectivity index (χ0v) is 51.8. The van der Waals surface area contributed by atoms with Crippen LogP contribution >= 0.6 is 12.3 Å². The molecular formula is C58H75N10NaO18S. The number of hydrogen-bond acceptors (Lipinski definition) is 21. The van der Waals surface area contributed by atoms with Gasteiger partial charge in [0.1, 0.15) is 36.3 Å². The number of rotatable bonds is 15. The van der Waals surface area contributed by atoms with Crippen LogP contribution in [0.15, 0.2) is 66.7 Å². The van der Waals surface area contributed by atoms with Crippen molar-refractivity contribution in [1.82, 2.24) is 41.3 Å². The number of piperazine rings is 1. The molecule has 472 valence electrons. The largest absolute Gasteiger partial charge is 1.00 e. The third-order valence-corrected chi connectivity index (χ3v) is 17.1. The van der Waals surface area contributed by atoms with E-state index in [1.54, 1.807) is 12.1 Å². The van der Waals surface area contributed by atoms with Gasteiger partial charge in [-0.25, -0.2) is 6.57 Å². The van der Waals surface area contributed by atoms with Gasteiger partial charge in [-0.15, -0.1) is 4.33 Å². The van der Waals surface area contributed by atoms with Crippen molar-refractivity contribution in [2.75, 3.05) is 57.3 Å². The molecule has 1 saturated carbocycles. The van der Waals surface area contributed by atoms with Crippen molar-refractivity contribution in [3.8, 4) is 22.6 Å². The van der Waals surface area contributed by atoms with Gasteiger partial charge in [0.15, 0.2) is 17.6 Å². The van der Waals surface area contributed by atoms with E-state index in [2.05, 4.69) is 62.7 Å². The van der Waals surface area contributed by atoms with Crippen molar-refractivity contribution in [3.63, 3.8) is 0 Å². The van der Waals surface area contributed by atoms with Crippen LogP contribution in [0.3, 0.4) is 0 Å². The molecule has 0 unspecified atom stereocenters. The van der Waals surface area contributed by atoms with Crippen molar-refractivity contribution < 1.29 is 118 Å². The Bertz CT molecular complexity index is 2950. The number of hydrogen-bond donors (Lipinski definition) is 12. The number of nitrogens with one attached hydrogen (secondary N) is 5. The van der Waals surface area contributed by atoms with E-state index in [4.69, 9.17) is 10.8 Å². The van der Waals surface area contributed by atoms with Crippen LogP contribution in [-0.4, -0.2) is 223 Å². The van der Waals surface area contributed by atoms with Gasteiger partial charge in [-0.2, -0.15) is 0 Å². The molecule has 3 aromatic rings. The first-order valence-electron chi connectivity index (χ1n) is 29.0. The molecule has 3 aromatic carbocycles. The van der Waals surface area contributed by atoms with Gasteiger partial charge in [-0.05, 0) is 72.9 Å². The second kappa shape index (κ2) is 32.0. The van der Waals surface area contributed by atoms with Crippen molar-refractivity contribution in [3.05, 3.63) is 89.3 Å². The Kier molecular flexibility index (Phi) is 25.2. The van der Waals surface area contributed by atoms with Gasteiger partial charge in [0.05, 0.1) is 30.5 Å². The molecule has 5 fully saturated rings. The van der Waals surface area contributed by atoms with Crippen LogP contribution < -0.4 is 70.5 Å². The molecule has 0 aromatic heterocycles. The van der Waals surface area contributed by atoms with Crippen molar-refractivity contribution >= 4 is 59.4 Å². The number of aromatic hydroxyl groups is 1. The number of fused-ring (bicyclic) bond motifs is 2. The van der Waals surface area contributed by atoms with Crippen molar-refractivity contribution in [2.45, 2.75) is 144 Å². The first-order valence-corrected chi connectivity index (χ1v) is 29.7. The minimum absolute atomic E-state index is 0. The molecule has 0 bridgehead atoms. The van der Waals surface area contributed by atoms with Crippen molar-refractivity contribution in [2.24, 2.45) is 5.92 Å². The summed E-state index contributed by atoms with van der Waals surface area (Å²) in [6.07, 6.45) is -5.78. The summed E-state index contributed by atoms with van der Waals surface area (Å²) in [5.41, 5.74) is 2.94. The number of carbonyl (C=O) groups is 7. The summed E-state index contributed by atoms with van der Waals surface area (Å²) in [6.45, 7) is 11.6. The molecule has 4 aliphatic heterocycles. The monoisotopic (exact) mass is 1250 g/mol. The van der Waals surface area contributed by atoms with E-state index in [0.29, 0.717) is 6.04 Å². The Morgan fingerprint density at radius 3 is 2.06 bits per heavy atom. The standard InChI is InChI=1S/C58H76N10O18S.Na/c1-31-29-68-50(51(31)75)56(80)60-27-39(70)25-41(61-52(76)36-12-10-34(11-13-36)35-14-16-38(17-15-35)66-21-19-65(20-22-66)37-7-5-4-6-8-37)53(77)62-47(32(2)69)57(81)67-30-40(71)26-42(67)54(78)63-48(55(79)64-49(58(68)82)45(74)28-59-3)44(73)23-33-9-18-43(72)46(24-33)84-87-86-85-83;/h9-18,24,31-32,37,39-42,44-45,47-51,69-75,83H,4-8,19-23,25-30H2,1-2H3,(H,60,80)(H,61,76)(H,62,77)(H,63,78)(H,64,79);/q;+1/p-1/t31-,32+,39+,40+,41+,42+,44-,45-,47+,48+,49+,50+,51+;/m1./s1. The smallest absolute Gasteiger partial charge is 0.691 e. The van der Waals surface area contributed by atoms with Crippen LogP contribution in [0.1, 0.15) is 74.7 Å². The molecule has 5 aliphatic rings. The molecule has 30 heteroatoms. The summed E-state index contributed by atoms with van der Waals surface area (Å²) >= 11 is 0.0125. The van der Waals surface area contributed by atoms with Gasteiger partial charge in [-0.1, -0.05) is 56.5 Å².